The van der Waals surface area contributed by atoms with Gasteiger partial charge in [-0.15, -0.1) is 0 Å². The van der Waals surface area contributed by atoms with Crippen LogP contribution in [0.25, 0.3) is 0 Å². The summed E-state index contributed by atoms with van der Waals surface area (Å²) >= 11 is 1.32. The summed E-state index contributed by atoms with van der Waals surface area (Å²) in [5.74, 6) is -0.431. The molecule has 2 rings (SSSR count). The Morgan fingerprint density at radius 3 is 2.57 bits per heavy atom. The molecule has 0 bridgehead atoms. The summed E-state index contributed by atoms with van der Waals surface area (Å²) < 4.78 is 1.90. The maximum atomic E-state index is 10.8. The summed E-state index contributed by atoms with van der Waals surface area (Å²) in [4.78, 5) is 10.8. The van der Waals surface area contributed by atoms with Crippen LogP contribution in [0.5, 0.6) is 0 Å². The lowest BCUT2D eigenvalue weighted by Gasteiger charge is -2.07. The first kappa shape index (κ1) is 15.6. The maximum absolute atomic E-state index is 10.8. The first-order chi connectivity index (χ1) is 9.95. The van der Waals surface area contributed by atoms with E-state index in [-0.39, 0.29) is 5.75 Å². The minimum absolute atomic E-state index is 0.0527. The van der Waals surface area contributed by atoms with Gasteiger partial charge in [0.05, 0.1) is 23.0 Å². The number of aliphatic carboxylic acids is 1. The summed E-state index contributed by atoms with van der Waals surface area (Å²) in [5, 5.41) is 14.4. The molecule has 1 N–H and O–H groups in total. The molecule has 0 amide bonds. The van der Waals surface area contributed by atoms with E-state index in [1.165, 1.54) is 17.3 Å². The summed E-state index contributed by atoms with van der Waals surface area (Å²) in [6, 6.07) is 10.3. The van der Waals surface area contributed by atoms with Gasteiger partial charge in [-0.2, -0.15) is 5.10 Å². The van der Waals surface area contributed by atoms with Crippen molar-refractivity contribution in [1.82, 2.24) is 9.78 Å². The number of thioether (sulfide) groups is 1. The molecule has 0 spiro atoms. The number of carbonyl (C=O) groups is 1. The number of nitrogens with zero attached hydrogens (tertiary/aromatic N) is 2. The predicted octanol–water partition coefficient (Wildman–Crippen LogP) is 3.54. The van der Waals surface area contributed by atoms with E-state index in [2.05, 4.69) is 50.1 Å². The lowest BCUT2D eigenvalue weighted by molar-refractivity contribution is -0.133. The molecule has 2 aromatic rings. The number of hydrogen-bond donors (Lipinski definition) is 1. The highest BCUT2D eigenvalue weighted by molar-refractivity contribution is 7.99. The summed E-state index contributed by atoms with van der Waals surface area (Å²) in [6.45, 7) is 6.89. The lowest BCUT2D eigenvalue weighted by Crippen LogP contribution is -2.06. The topological polar surface area (TPSA) is 55.1 Å². The molecule has 5 heteroatoms. The van der Waals surface area contributed by atoms with Gasteiger partial charge >= 0.3 is 5.97 Å². The Kier molecular flexibility index (Phi) is 5.07. The van der Waals surface area contributed by atoms with Crippen LogP contribution in [0.1, 0.15) is 36.6 Å². The third-order valence-electron chi connectivity index (χ3n) is 3.15. The van der Waals surface area contributed by atoms with E-state index in [0.717, 1.165) is 16.3 Å². The molecular weight excluding hydrogens is 284 g/mol. The highest BCUT2D eigenvalue weighted by atomic mass is 32.2. The molecule has 1 heterocycles. The van der Waals surface area contributed by atoms with Gasteiger partial charge in [0.1, 0.15) is 0 Å². The summed E-state index contributed by atoms with van der Waals surface area (Å²) in [6.07, 6.45) is 0. The molecule has 0 unspecified atom stereocenters. The molecule has 0 saturated heterocycles. The fourth-order valence-corrected chi connectivity index (χ4v) is 2.66. The molecule has 0 atom stereocenters. The van der Waals surface area contributed by atoms with Crippen molar-refractivity contribution in [2.24, 2.45) is 0 Å². The largest absolute Gasteiger partial charge is 0.481 e. The summed E-state index contributed by atoms with van der Waals surface area (Å²) in [7, 11) is 0. The molecule has 0 fully saturated rings. The molecule has 4 nitrogen and oxygen atoms in total. The first-order valence-electron chi connectivity index (χ1n) is 6.93. The van der Waals surface area contributed by atoms with Crippen LogP contribution in [0.15, 0.2) is 35.4 Å². The molecule has 0 aliphatic carbocycles. The zero-order chi connectivity index (χ0) is 15.4. The fourth-order valence-electron chi connectivity index (χ4n) is 1.93. The minimum Gasteiger partial charge on any atom is -0.481 e. The van der Waals surface area contributed by atoms with Crippen molar-refractivity contribution in [1.29, 1.82) is 0 Å². The highest BCUT2D eigenvalue weighted by Crippen LogP contribution is 2.24. The van der Waals surface area contributed by atoms with Gasteiger partial charge in [0.2, 0.25) is 0 Å². The van der Waals surface area contributed by atoms with E-state index in [1.807, 2.05) is 10.7 Å². The smallest absolute Gasteiger partial charge is 0.313 e. The van der Waals surface area contributed by atoms with E-state index < -0.39 is 5.97 Å². The van der Waals surface area contributed by atoms with E-state index in [1.54, 1.807) is 0 Å². The van der Waals surface area contributed by atoms with Crippen molar-refractivity contribution in [2.45, 2.75) is 38.3 Å². The Labute approximate surface area is 129 Å². The van der Waals surface area contributed by atoms with Gasteiger partial charge in [0, 0.05) is 0 Å². The molecule has 1 aromatic carbocycles. The summed E-state index contributed by atoms with van der Waals surface area (Å²) in [5.41, 5.74) is 3.38. The van der Waals surface area contributed by atoms with Gasteiger partial charge in [-0.25, -0.2) is 0 Å². The number of aromatic nitrogens is 2. The zero-order valence-electron chi connectivity index (χ0n) is 12.5. The van der Waals surface area contributed by atoms with Crippen molar-refractivity contribution in [3.05, 3.63) is 47.2 Å². The van der Waals surface area contributed by atoms with Crippen LogP contribution in [0, 0.1) is 6.92 Å². The van der Waals surface area contributed by atoms with Gasteiger partial charge in [0.25, 0.3) is 0 Å². The standard InChI is InChI=1S/C16H20N2O2S/c1-11(2)14-8-15(21-10-16(19)20)18(17-14)9-13-6-4-12(3)5-7-13/h4-8,11H,9-10H2,1-3H3,(H,19,20). The van der Waals surface area contributed by atoms with E-state index >= 15 is 0 Å². The van der Waals surface area contributed by atoms with Crippen LogP contribution in [0.2, 0.25) is 0 Å². The maximum Gasteiger partial charge on any atom is 0.313 e. The third-order valence-corrected chi connectivity index (χ3v) is 4.17. The molecule has 1 aromatic heterocycles. The predicted molar refractivity (Wildman–Crippen MR) is 85.0 cm³/mol. The normalized spacial score (nSPS) is 11.0. The average Bonchev–Trinajstić information content (AvgIpc) is 2.82. The minimum atomic E-state index is -0.811. The quantitative estimate of drug-likeness (QED) is 0.829. The van der Waals surface area contributed by atoms with Crippen molar-refractivity contribution in [3.63, 3.8) is 0 Å². The van der Waals surface area contributed by atoms with Gasteiger partial charge in [-0.1, -0.05) is 55.4 Å². The fraction of sp³-hybridized carbons (Fsp3) is 0.375. The monoisotopic (exact) mass is 304 g/mol. The number of aryl methyl sites for hydroxylation is 1. The SMILES string of the molecule is Cc1ccc(Cn2nc(C(C)C)cc2SCC(=O)O)cc1. The Hall–Kier alpha value is -1.75. The number of carboxylic acids is 1. The van der Waals surface area contributed by atoms with Crippen molar-refractivity contribution < 1.29 is 9.90 Å². The second-order valence-corrected chi connectivity index (χ2v) is 6.38. The Balaban J connectivity index is 2.22. The van der Waals surface area contributed by atoms with E-state index in [9.17, 15) is 4.79 Å². The van der Waals surface area contributed by atoms with Crippen molar-refractivity contribution >= 4 is 17.7 Å². The highest BCUT2D eigenvalue weighted by Gasteiger charge is 2.12. The van der Waals surface area contributed by atoms with Crippen molar-refractivity contribution in [2.75, 3.05) is 5.75 Å². The average molecular weight is 304 g/mol. The Morgan fingerprint density at radius 1 is 1.33 bits per heavy atom. The van der Waals surface area contributed by atoms with Crippen LogP contribution >= 0.6 is 11.8 Å². The van der Waals surface area contributed by atoms with Gasteiger partial charge in [0.15, 0.2) is 0 Å². The second-order valence-electron chi connectivity index (χ2n) is 5.39. The van der Waals surface area contributed by atoms with E-state index in [0.29, 0.717) is 12.5 Å². The Bertz CT molecular complexity index is 618. The Morgan fingerprint density at radius 2 is 2.00 bits per heavy atom. The molecule has 0 radical (unpaired) electrons. The van der Waals surface area contributed by atoms with Crippen LogP contribution in [0.3, 0.4) is 0 Å². The second kappa shape index (κ2) is 6.80. The van der Waals surface area contributed by atoms with Crippen LogP contribution < -0.4 is 0 Å². The molecule has 0 aliphatic heterocycles. The van der Waals surface area contributed by atoms with Gasteiger partial charge in [-0.3, -0.25) is 9.48 Å². The van der Waals surface area contributed by atoms with E-state index in [4.69, 9.17) is 5.11 Å². The molecule has 0 aliphatic rings. The number of carboxylic acid groups (broad SMARTS) is 1. The number of hydrogen-bond acceptors (Lipinski definition) is 3. The first-order valence-corrected chi connectivity index (χ1v) is 7.92. The molecule has 21 heavy (non-hydrogen) atoms. The molecule has 0 saturated carbocycles. The van der Waals surface area contributed by atoms with Gasteiger partial charge < -0.3 is 5.11 Å². The van der Waals surface area contributed by atoms with Crippen LogP contribution in [0.4, 0.5) is 0 Å². The number of benzene rings is 1. The third kappa shape index (κ3) is 4.36. The van der Waals surface area contributed by atoms with Crippen LogP contribution in [-0.2, 0) is 11.3 Å². The van der Waals surface area contributed by atoms with Gasteiger partial charge in [-0.05, 0) is 24.5 Å². The zero-order valence-corrected chi connectivity index (χ0v) is 13.4. The van der Waals surface area contributed by atoms with Crippen LogP contribution in [-0.4, -0.2) is 26.6 Å². The molecule has 112 valence electrons. The lowest BCUT2D eigenvalue weighted by atomic mass is 10.1. The van der Waals surface area contributed by atoms with Crippen molar-refractivity contribution in [3.8, 4) is 0 Å². The number of rotatable bonds is 6. The molecular formula is C16H20N2O2S.